The van der Waals surface area contributed by atoms with Crippen molar-refractivity contribution in [1.82, 2.24) is 9.80 Å². The van der Waals surface area contributed by atoms with Crippen molar-refractivity contribution in [3.8, 4) is 48.8 Å². The van der Waals surface area contributed by atoms with E-state index in [1.165, 1.54) is 182 Å². The van der Waals surface area contributed by atoms with Gasteiger partial charge in [-0.25, -0.2) is 0 Å². The molecule has 0 radical (unpaired) electrons. The maximum atomic E-state index is 15.6. The Kier molecular flexibility index (Phi) is 23.7. The highest BCUT2D eigenvalue weighted by atomic mass is 32.1. The molecule has 4 aliphatic heterocycles. The van der Waals surface area contributed by atoms with E-state index in [2.05, 4.69) is 93.5 Å². The zero-order valence-electron chi connectivity index (χ0n) is 55.5. The molecule has 14 heteroatoms. The van der Waals surface area contributed by atoms with Gasteiger partial charge in [0.1, 0.15) is 16.1 Å². The predicted octanol–water partition coefficient (Wildman–Crippen LogP) is 22.3. The Bertz CT molecular complexity index is 3370. The number of aryl methyl sites for hydroxylation is 2. The van der Waals surface area contributed by atoms with Gasteiger partial charge in [-0.3, -0.25) is 29.0 Å². The van der Waals surface area contributed by atoms with Crippen LogP contribution in [0.5, 0.6) is 0 Å². The minimum Gasteiger partial charge on any atom is -0.274 e. The summed E-state index contributed by atoms with van der Waals surface area (Å²) in [7, 11) is -4.73. The van der Waals surface area contributed by atoms with Crippen molar-refractivity contribution in [3.63, 3.8) is 0 Å². The van der Waals surface area contributed by atoms with Gasteiger partial charge in [0.05, 0.1) is 36.9 Å². The van der Waals surface area contributed by atoms with Gasteiger partial charge >= 0.3 is 0 Å². The molecule has 0 aliphatic carbocycles. The van der Waals surface area contributed by atoms with E-state index in [1.807, 2.05) is 45.3 Å². The lowest BCUT2D eigenvalue weighted by molar-refractivity contribution is 0.0636. The molecule has 2 atom stereocenters. The third-order valence-corrected chi connectivity index (χ3v) is 39.8. The van der Waals surface area contributed by atoms with Crippen molar-refractivity contribution >= 4 is 129 Å². The Morgan fingerprint density at radius 1 is 0.352 bits per heavy atom. The number of amides is 4. The lowest BCUT2D eigenvalue weighted by Crippen LogP contribution is -2.56. The van der Waals surface area contributed by atoms with Crippen LogP contribution in [-0.4, -0.2) is 62.7 Å². The SMILES string of the molecule is CCCCCCCCN1C(=O)c2c(C)sc(-c3cc4c(s3)-c3sc(-c5sc(-c6cc7c(s6)-c6sc(C)cc6[Si]7(CCCCCC)CCCCCC)c6c5C(=O)N(CCCCCCCC)C6=O)cc3[Si]4(CC(CC)CCCC)CC(CC)CCCC)c2C1=O. The lowest BCUT2D eigenvalue weighted by Gasteiger charge is -2.35. The van der Waals surface area contributed by atoms with E-state index in [1.54, 1.807) is 53.2 Å². The first-order valence-corrected chi connectivity index (χ1v) is 45.1. The van der Waals surface area contributed by atoms with Crippen LogP contribution in [-0.2, 0) is 0 Å². The van der Waals surface area contributed by atoms with Crippen molar-refractivity contribution in [2.24, 2.45) is 11.8 Å². The van der Waals surface area contributed by atoms with Crippen LogP contribution in [0.1, 0.15) is 286 Å². The van der Waals surface area contributed by atoms with E-state index in [0.29, 0.717) is 47.2 Å². The largest absolute Gasteiger partial charge is 0.274 e. The van der Waals surface area contributed by atoms with Crippen LogP contribution in [0.15, 0.2) is 24.3 Å². The average molecular weight is 1330 g/mol. The van der Waals surface area contributed by atoms with E-state index in [-0.39, 0.29) is 23.6 Å². The first-order valence-electron chi connectivity index (χ1n) is 35.4. The Balaban J connectivity index is 1.13. The Hall–Kier alpha value is -3.09. The molecular weight excluding hydrogens is 1230 g/mol. The number of imide groups is 2. The van der Waals surface area contributed by atoms with E-state index < -0.39 is 16.1 Å². The van der Waals surface area contributed by atoms with Crippen molar-refractivity contribution in [1.29, 1.82) is 0 Å². The van der Waals surface area contributed by atoms with Gasteiger partial charge < -0.3 is 0 Å². The molecule has 4 aliphatic rings. The number of hydrogen-bond acceptors (Lipinski definition) is 10. The Morgan fingerprint density at radius 3 is 1.11 bits per heavy atom. The minimum atomic E-state index is -2.59. The molecule has 0 bridgehead atoms. The van der Waals surface area contributed by atoms with Gasteiger partial charge in [0.25, 0.3) is 23.6 Å². The molecule has 6 nitrogen and oxygen atoms in total. The van der Waals surface area contributed by atoms with Crippen LogP contribution in [0.4, 0.5) is 0 Å². The van der Waals surface area contributed by atoms with Gasteiger partial charge in [-0.1, -0.05) is 222 Å². The predicted molar refractivity (Wildman–Crippen MR) is 392 cm³/mol. The van der Waals surface area contributed by atoms with Gasteiger partial charge in [-0.05, 0) is 108 Å². The van der Waals surface area contributed by atoms with E-state index in [4.69, 9.17) is 0 Å². The fourth-order valence-electron chi connectivity index (χ4n) is 15.8. The van der Waals surface area contributed by atoms with Gasteiger partial charge in [0, 0.05) is 57.0 Å². The summed E-state index contributed by atoms with van der Waals surface area (Å²) in [6.07, 6.45) is 32.9. The quantitative estimate of drug-likeness (QED) is 0.0219. The number of carbonyl (C=O) groups excluding carboxylic acids is 4. The summed E-state index contributed by atoms with van der Waals surface area (Å²) in [6.45, 7) is 24.0. The molecule has 0 aromatic carbocycles. The summed E-state index contributed by atoms with van der Waals surface area (Å²) >= 11 is 11.1. The number of rotatable bonds is 39. The molecule has 0 saturated heterocycles. The summed E-state index contributed by atoms with van der Waals surface area (Å²) < 4.78 is 0. The summed E-state index contributed by atoms with van der Waals surface area (Å²) in [4.78, 5) is 77.8. The van der Waals surface area contributed by atoms with Gasteiger partial charge in [0.2, 0.25) is 0 Å². The molecule has 0 N–H and O–H groups in total. The number of fused-ring (bicyclic) bond motifs is 8. The molecule has 88 heavy (non-hydrogen) atoms. The first-order chi connectivity index (χ1) is 42.8. The highest BCUT2D eigenvalue weighted by Crippen LogP contribution is 2.56. The molecule has 0 spiro atoms. The van der Waals surface area contributed by atoms with Crippen molar-refractivity contribution in [2.75, 3.05) is 13.1 Å². The van der Waals surface area contributed by atoms with E-state index in [0.717, 1.165) is 80.6 Å². The summed E-state index contributed by atoms with van der Waals surface area (Å²) in [5.74, 6) is 0.758. The number of unbranched alkanes of at least 4 members (excludes halogenated alkanes) is 18. The van der Waals surface area contributed by atoms with Crippen molar-refractivity contribution < 1.29 is 19.2 Å². The number of carbonyl (C=O) groups is 4. The fourth-order valence-corrected chi connectivity index (χ4v) is 38.3. The first kappa shape index (κ1) is 67.8. The molecule has 6 aromatic rings. The second-order valence-electron chi connectivity index (χ2n) is 27.0. The third-order valence-electron chi connectivity index (χ3n) is 20.8. The molecule has 6 aromatic heterocycles. The summed E-state index contributed by atoms with van der Waals surface area (Å²) in [5, 5.41) is 6.40. The Morgan fingerprint density at radius 2 is 0.693 bits per heavy atom. The topological polar surface area (TPSA) is 74.8 Å². The van der Waals surface area contributed by atoms with Gasteiger partial charge in [-0.2, -0.15) is 0 Å². The minimum absolute atomic E-state index is 0.0892. The average Bonchev–Trinajstić information content (AvgIpc) is 1.57. The molecule has 478 valence electrons. The Labute approximate surface area is 556 Å². The van der Waals surface area contributed by atoms with E-state index >= 15 is 9.59 Å². The third kappa shape index (κ3) is 13.2. The maximum absolute atomic E-state index is 15.6. The van der Waals surface area contributed by atoms with Crippen LogP contribution in [0.3, 0.4) is 0 Å². The smallest absolute Gasteiger partial charge is 0.263 e. The highest BCUT2D eigenvalue weighted by Gasteiger charge is 2.53. The van der Waals surface area contributed by atoms with Crippen LogP contribution >= 0.6 is 68.0 Å². The fraction of sp³-hybridized carbons (Fsp3) is 0.622. The normalized spacial score (nSPS) is 17.0. The van der Waals surface area contributed by atoms with Gasteiger partial charge in [-0.15, -0.1) is 68.0 Å². The molecule has 2 unspecified atom stereocenters. The zero-order valence-corrected chi connectivity index (χ0v) is 62.4. The van der Waals surface area contributed by atoms with Crippen molar-refractivity contribution in [2.45, 2.75) is 273 Å². The zero-order chi connectivity index (χ0) is 62.3. The molecule has 0 fully saturated rings. The standard InChI is InChI=1S/C74H104N2O4S6Si2/c1-11-19-25-29-31-33-39-75-71(77)60-50(10)82-64(61(60)72(75)78)53-45-58-69(83-53)70-59(88(58,47-51(17-7)37-23-15-5)48-52(18-8)38-24-16-6)46-55(85-70)66-63-62(73(79)76(74(63)80)40-34-32-30-26-20-12-2)65(86-66)54-44-57-68(84-54)67-56(43-49(9)81-67)87(57,41-35-27-21-13-3)42-36-28-22-14-4/h43-46,51-52H,11-42,47-48H2,1-10H3. The van der Waals surface area contributed by atoms with Crippen molar-refractivity contribution in [3.05, 3.63) is 56.3 Å². The second kappa shape index (κ2) is 30.8. The molecule has 10 heterocycles. The van der Waals surface area contributed by atoms with Crippen LogP contribution in [0.25, 0.3) is 48.8 Å². The van der Waals surface area contributed by atoms with Crippen LogP contribution < -0.4 is 20.7 Å². The monoisotopic (exact) mass is 1330 g/mol. The lowest BCUT2D eigenvalue weighted by atomic mass is 10.0. The highest BCUT2D eigenvalue weighted by molar-refractivity contribution is 7.35. The number of nitrogens with zero attached hydrogens (tertiary/aromatic N) is 2. The second-order valence-corrected chi connectivity index (χ2v) is 42.0. The summed E-state index contributed by atoms with van der Waals surface area (Å²) in [6, 6.07) is 15.3. The number of thiophene rings is 6. The number of hydrogen-bond donors (Lipinski definition) is 0. The maximum Gasteiger partial charge on any atom is 0.263 e. The van der Waals surface area contributed by atoms with Crippen LogP contribution in [0, 0.1) is 25.7 Å². The molecule has 0 saturated carbocycles. The van der Waals surface area contributed by atoms with Crippen LogP contribution in [0.2, 0.25) is 24.2 Å². The molecule has 10 rings (SSSR count). The summed E-state index contributed by atoms with van der Waals surface area (Å²) in [5.41, 5.74) is 2.58. The van der Waals surface area contributed by atoms with Gasteiger partial charge in [0.15, 0.2) is 0 Å². The molecule has 4 amide bonds. The van der Waals surface area contributed by atoms with E-state index in [9.17, 15) is 9.59 Å². The molecular formula is C74H104N2O4S6Si2.